The molecule has 0 aromatic rings. The van der Waals surface area contributed by atoms with Crippen LogP contribution >= 0.6 is 0 Å². The zero-order valence-corrected chi connectivity index (χ0v) is 17.3. The summed E-state index contributed by atoms with van der Waals surface area (Å²) in [6.45, 7) is 32.7. The van der Waals surface area contributed by atoms with Crippen LogP contribution in [0.15, 0.2) is 0 Å². The van der Waals surface area contributed by atoms with Gasteiger partial charge in [0, 0.05) is 17.1 Å². The van der Waals surface area contributed by atoms with Crippen molar-refractivity contribution in [2.24, 2.45) is 0 Å². The molecular formula is C18H22Fe2O6. The van der Waals surface area contributed by atoms with Gasteiger partial charge in [-0.25, -0.2) is 0 Å². The van der Waals surface area contributed by atoms with Crippen molar-refractivity contribution in [3.05, 3.63) is 50.9 Å². The average molecular weight is 446 g/mol. The van der Waals surface area contributed by atoms with E-state index in [1.807, 2.05) is 0 Å². The van der Waals surface area contributed by atoms with Crippen LogP contribution in [0.25, 0.3) is 0 Å². The van der Waals surface area contributed by atoms with Crippen molar-refractivity contribution >= 4 is 13.6 Å². The van der Waals surface area contributed by atoms with E-state index >= 15 is 0 Å². The zero-order valence-electron chi connectivity index (χ0n) is 15.1. The average Bonchev–Trinajstić information content (AvgIpc) is 2.74. The van der Waals surface area contributed by atoms with Crippen LogP contribution in [0, 0.1) is 50.9 Å². The fourth-order valence-electron chi connectivity index (χ4n) is 0.500. The third kappa shape index (κ3) is 468. The van der Waals surface area contributed by atoms with E-state index in [4.69, 9.17) is 28.2 Å². The second-order valence-electron chi connectivity index (χ2n) is 2.12. The largest absolute Gasteiger partial charge is 2.00 e. The summed E-state index contributed by atoms with van der Waals surface area (Å²) < 4.78 is 30.0. The van der Waals surface area contributed by atoms with Crippen LogP contribution in [0.1, 0.15) is 53.4 Å². The van der Waals surface area contributed by atoms with Gasteiger partial charge in [0.25, 0.3) is 0 Å². The SMILES string of the molecule is CC[C]=[C]CC.CC[C]=[C]CC.[C-]#[O+].[C-]#[O+].[C-]#[O+].[C-]#[O+].[CH-]=O.[CH-]=O.[Fe+2].[Fe]. The normalized spacial score (nSPS) is 5.38. The molecule has 0 aliphatic heterocycles. The van der Waals surface area contributed by atoms with Gasteiger partial charge in [-0.3, -0.25) is 13.6 Å². The Kier molecular flexibility index (Phi) is 658. The van der Waals surface area contributed by atoms with Crippen LogP contribution in [-0.4, -0.2) is 13.6 Å². The molecular weight excluding hydrogens is 424 g/mol. The molecule has 4 radical (unpaired) electrons. The van der Waals surface area contributed by atoms with E-state index in [1.165, 1.54) is 0 Å². The predicted octanol–water partition coefficient (Wildman–Crippen LogP) is 3.23. The van der Waals surface area contributed by atoms with Gasteiger partial charge in [-0.05, 0) is 50.0 Å². The minimum atomic E-state index is 0. The topological polar surface area (TPSA) is 114 Å². The van der Waals surface area contributed by atoms with Crippen molar-refractivity contribution in [2.75, 3.05) is 0 Å². The van der Waals surface area contributed by atoms with E-state index in [0.29, 0.717) is 0 Å². The Bertz CT molecular complexity index is 220. The van der Waals surface area contributed by atoms with Crippen LogP contribution in [0.3, 0.4) is 0 Å². The Morgan fingerprint density at radius 3 is 0.654 bits per heavy atom. The monoisotopic (exact) mass is 446 g/mol. The first-order chi connectivity index (χ1) is 11.8. The van der Waals surface area contributed by atoms with Gasteiger partial charge in [-0.15, -0.1) is 0 Å². The summed E-state index contributed by atoms with van der Waals surface area (Å²) in [7, 11) is 0. The molecule has 26 heavy (non-hydrogen) atoms. The first-order valence-corrected chi connectivity index (χ1v) is 6.03. The Balaban J connectivity index is -0.0000000150. The molecule has 0 atom stereocenters. The molecule has 0 heterocycles. The van der Waals surface area contributed by atoms with Gasteiger partial charge in [0.05, 0.1) is 0 Å². The molecule has 0 amide bonds. The standard InChI is InChI=1S/2C6H10.2CHO.4CO.2Fe/c2*1-3-5-6-4-2;6*1-2;;/h2*3-4H2,1-2H3;2*1H;;;;;;/q;;2*-1;;;;;;+2. The smallest absolute Gasteiger partial charge is 0.545 e. The van der Waals surface area contributed by atoms with Crippen molar-refractivity contribution < 1.29 is 62.3 Å². The number of hydrogen-bond acceptors (Lipinski definition) is 2. The molecule has 0 spiro atoms. The van der Waals surface area contributed by atoms with E-state index in [9.17, 15) is 0 Å². The fraction of sp³-hybridized carbons (Fsp3) is 0.444. The summed E-state index contributed by atoms with van der Waals surface area (Å²) in [5, 5.41) is 0. The van der Waals surface area contributed by atoms with Crippen LogP contribution in [0.5, 0.6) is 0 Å². The maximum absolute atomic E-state index is 7.75. The van der Waals surface area contributed by atoms with Gasteiger partial charge in [-0.1, -0.05) is 27.7 Å². The molecule has 0 aromatic carbocycles. The van der Waals surface area contributed by atoms with Crippen LogP contribution < -0.4 is 0 Å². The Hall–Kier alpha value is -1.18. The first kappa shape index (κ1) is 64.1. The molecule has 0 saturated carbocycles. The van der Waals surface area contributed by atoms with Crippen molar-refractivity contribution in [3.63, 3.8) is 0 Å². The molecule has 0 aliphatic rings. The Morgan fingerprint density at radius 2 is 0.615 bits per heavy atom. The molecule has 0 unspecified atom stereocenters. The van der Waals surface area contributed by atoms with Crippen LogP contribution in [0.2, 0.25) is 0 Å². The number of allylic oxidation sites excluding steroid dienone is 4. The molecule has 0 aromatic heterocycles. The molecule has 0 rings (SSSR count). The number of carbonyl (C=O) groups excluding carboxylic acids is 2. The van der Waals surface area contributed by atoms with E-state index in [0.717, 1.165) is 25.7 Å². The Morgan fingerprint density at radius 1 is 0.538 bits per heavy atom. The second-order valence-corrected chi connectivity index (χ2v) is 2.12. The van der Waals surface area contributed by atoms with Crippen LogP contribution in [-0.2, 0) is 62.3 Å². The van der Waals surface area contributed by atoms with Gasteiger partial charge in [-0.2, -0.15) is 0 Å². The summed E-state index contributed by atoms with van der Waals surface area (Å²) >= 11 is 0. The van der Waals surface area contributed by atoms with Crippen molar-refractivity contribution in [1.29, 1.82) is 0 Å². The fourth-order valence-corrected chi connectivity index (χ4v) is 0.500. The van der Waals surface area contributed by atoms with E-state index in [-0.39, 0.29) is 34.1 Å². The van der Waals surface area contributed by atoms with E-state index < -0.39 is 0 Å². The van der Waals surface area contributed by atoms with E-state index in [1.54, 1.807) is 0 Å². The van der Waals surface area contributed by atoms with Gasteiger partial charge in [0.1, 0.15) is 0 Å². The maximum atomic E-state index is 7.75. The molecule has 0 N–H and O–H groups in total. The van der Waals surface area contributed by atoms with Gasteiger partial charge in [0.15, 0.2) is 0 Å². The Labute approximate surface area is 180 Å². The van der Waals surface area contributed by atoms with E-state index in [2.05, 4.69) is 92.2 Å². The van der Waals surface area contributed by atoms with Gasteiger partial charge >= 0.3 is 62.3 Å². The predicted molar refractivity (Wildman–Crippen MR) is 83.4 cm³/mol. The van der Waals surface area contributed by atoms with Gasteiger partial charge in [0.2, 0.25) is 0 Å². The summed E-state index contributed by atoms with van der Waals surface area (Å²) in [4.78, 5) is 15.5. The van der Waals surface area contributed by atoms with Crippen molar-refractivity contribution in [1.82, 2.24) is 0 Å². The third-order valence-electron chi connectivity index (χ3n) is 0.957. The second kappa shape index (κ2) is 267. The summed E-state index contributed by atoms with van der Waals surface area (Å²) in [6, 6.07) is 0. The molecule has 8 heteroatoms. The molecule has 146 valence electrons. The van der Waals surface area contributed by atoms with Crippen molar-refractivity contribution in [3.8, 4) is 0 Å². The summed E-state index contributed by atoms with van der Waals surface area (Å²) in [6.07, 6.45) is 15.8. The molecule has 6 nitrogen and oxygen atoms in total. The van der Waals surface area contributed by atoms with Gasteiger partial charge < -0.3 is 9.59 Å². The minimum absolute atomic E-state index is 0. The quantitative estimate of drug-likeness (QED) is 0.286. The molecule has 0 saturated heterocycles. The summed E-state index contributed by atoms with van der Waals surface area (Å²) in [5.41, 5.74) is 0. The maximum Gasteiger partial charge on any atom is 2.00 e. The van der Waals surface area contributed by atoms with Crippen molar-refractivity contribution in [2.45, 2.75) is 53.4 Å². The minimum Gasteiger partial charge on any atom is -0.545 e. The zero-order chi connectivity index (χ0) is 21.7. The number of rotatable bonds is 4. The first-order valence-electron chi connectivity index (χ1n) is 6.03. The molecule has 0 bridgehead atoms. The molecule has 0 fully saturated rings. The number of hydrogen-bond donors (Lipinski definition) is 0. The van der Waals surface area contributed by atoms with Crippen LogP contribution in [0.4, 0.5) is 0 Å². The third-order valence-corrected chi connectivity index (χ3v) is 0.957. The summed E-state index contributed by atoms with van der Waals surface area (Å²) in [5.74, 6) is 0. The molecule has 0 aliphatic carbocycles.